The van der Waals surface area contributed by atoms with Gasteiger partial charge in [-0.25, -0.2) is 4.68 Å². The first-order valence-electron chi connectivity index (χ1n) is 6.27. The third-order valence-corrected chi connectivity index (χ3v) is 3.16. The van der Waals surface area contributed by atoms with E-state index in [1.165, 1.54) is 12.3 Å². The van der Waals surface area contributed by atoms with E-state index >= 15 is 0 Å². The first kappa shape index (κ1) is 12.3. The predicted molar refractivity (Wildman–Crippen MR) is 74.9 cm³/mol. The van der Waals surface area contributed by atoms with Crippen molar-refractivity contribution >= 4 is 16.6 Å². The number of benzene rings is 1. The molecule has 0 saturated carbocycles. The summed E-state index contributed by atoms with van der Waals surface area (Å²) >= 11 is 0. The van der Waals surface area contributed by atoms with Gasteiger partial charge in [0, 0.05) is 11.5 Å². The molecule has 1 aromatic carbocycles. The van der Waals surface area contributed by atoms with Crippen LogP contribution in [-0.2, 0) is 6.42 Å². The monoisotopic (exact) mass is 268 g/mol. The van der Waals surface area contributed by atoms with Crippen molar-refractivity contribution in [2.75, 3.05) is 0 Å². The van der Waals surface area contributed by atoms with Crippen LogP contribution in [0.4, 0.5) is 5.69 Å². The fourth-order valence-electron chi connectivity index (χ4n) is 2.22. The number of nitro groups is 1. The lowest BCUT2D eigenvalue weighted by molar-refractivity contribution is -0.385. The lowest BCUT2D eigenvalue weighted by atomic mass is 10.2. The van der Waals surface area contributed by atoms with Gasteiger partial charge in [-0.1, -0.05) is 25.1 Å². The summed E-state index contributed by atoms with van der Waals surface area (Å²) in [4.78, 5) is 14.3. The Balaban J connectivity index is 2.24. The maximum Gasteiger partial charge on any atom is 0.289 e. The van der Waals surface area contributed by atoms with Crippen LogP contribution in [0.3, 0.4) is 0 Å². The Hall–Kier alpha value is -2.76. The molecule has 0 aliphatic rings. The van der Waals surface area contributed by atoms with Gasteiger partial charge in [-0.05, 0) is 12.5 Å². The molecule has 0 fully saturated rings. The number of para-hydroxylation sites is 1. The van der Waals surface area contributed by atoms with Crippen LogP contribution >= 0.6 is 0 Å². The normalized spacial score (nSPS) is 10.8. The van der Waals surface area contributed by atoms with E-state index in [0.29, 0.717) is 5.69 Å². The Morgan fingerprint density at radius 3 is 2.85 bits per heavy atom. The van der Waals surface area contributed by atoms with Gasteiger partial charge in [0.1, 0.15) is 6.20 Å². The molecule has 20 heavy (non-hydrogen) atoms. The highest BCUT2D eigenvalue weighted by molar-refractivity contribution is 5.83. The van der Waals surface area contributed by atoms with Gasteiger partial charge >= 0.3 is 0 Å². The summed E-state index contributed by atoms with van der Waals surface area (Å²) in [6.45, 7) is 2.03. The van der Waals surface area contributed by atoms with Crippen LogP contribution in [0.25, 0.3) is 16.6 Å². The third-order valence-electron chi connectivity index (χ3n) is 3.16. The smallest absolute Gasteiger partial charge is 0.258 e. The van der Waals surface area contributed by atoms with Gasteiger partial charge < -0.3 is 0 Å². The van der Waals surface area contributed by atoms with Crippen molar-refractivity contribution in [3.05, 3.63) is 58.5 Å². The van der Waals surface area contributed by atoms with Crippen molar-refractivity contribution in [2.24, 2.45) is 0 Å². The van der Waals surface area contributed by atoms with E-state index < -0.39 is 4.92 Å². The Kier molecular flexibility index (Phi) is 2.90. The molecule has 0 aliphatic carbocycles. The van der Waals surface area contributed by atoms with Crippen molar-refractivity contribution < 1.29 is 4.92 Å². The zero-order valence-electron chi connectivity index (χ0n) is 10.9. The number of fused-ring (bicyclic) bond motifs is 1. The summed E-state index contributed by atoms with van der Waals surface area (Å²) in [5.41, 5.74) is 2.44. The van der Waals surface area contributed by atoms with Crippen molar-refractivity contribution in [3.63, 3.8) is 0 Å². The van der Waals surface area contributed by atoms with Crippen LogP contribution in [0, 0.1) is 10.1 Å². The lowest BCUT2D eigenvalue weighted by Gasteiger charge is -2.02. The van der Waals surface area contributed by atoms with E-state index in [1.807, 2.05) is 31.2 Å². The van der Waals surface area contributed by atoms with Crippen molar-refractivity contribution in [3.8, 4) is 5.69 Å². The van der Waals surface area contributed by atoms with Crippen molar-refractivity contribution in [1.29, 1.82) is 0 Å². The van der Waals surface area contributed by atoms with Crippen LogP contribution in [0.2, 0.25) is 0 Å². The molecule has 0 aliphatic heterocycles. The minimum atomic E-state index is -0.455. The Morgan fingerprint density at radius 2 is 2.10 bits per heavy atom. The number of rotatable bonds is 3. The summed E-state index contributed by atoms with van der Waals surface area (Å²) < 4.78 is 1.70. The highest BCUT2D eigenvalue weighted by Crippen LogP contribution is 2.23. The molecule has 0 unspecified atom stereocenters. The van der Waals surface area contributed by atoms with Gasteiger partial charge in [0.05, 0.1) is 28.0 Å². The average Bonchev–Trinajstić information content (AvgIpc) is 2.86. The molecule has 2 heterocycles. The minimum Gasteiger partial charge on any atom is -0.258 e. The summed E-state index contributed by atoms with van der Waals surface area (Å²) in [6.07, 6.45) is 3.61. The van der Waals surface area contributed by atoms with E-state index in [1.54, 1.807) is 10.9 Å². The molecular formula is C14H12N4O2. The molecule has 3 aromatic rings. The number of hydrogen-bond acceptors (Lipinski definition) is 4. The van der Waals surface area contributed by atoms with E-state index in [2.05, 4.69) is 10.1 Å². The molecule has 6 nitrogen and oxygen atoms in total. The van der Waals surface area contributed by atoms with E-state index in [-0.39, 0.29) is 5.69 Å². The summed E-state index contributed by atoms with van der Waals surface area (Å²) in [5, 5.41) is 16.4. The molecule has 2 aromatic heterocycles. The fraction of sp³-hybridized carbons (Fsp3) is 0.143. The fourth-order valence-corrected chi connectivity index (χ4v) is 2.22. The largest absolute Gasteiger partial charge is 0.289 e. The second-order valence-electron chi connectivity index (χ2n) is 4.39. The van der Waals surface area contributed by atoms with Gasteiger partial charge in [0.2, 0.25) is 0 Å². The zero-order chi connectivity index (χ0) is 14.1. The maximum atomic E-state index is 10.8. The van der Waals surface area contributed by atoms with Crippen LogP contribution < -0.4 is 0 Å². The molecule has 0 N–H and O–H groups in total. The van der Waals surface area contributed by atoms with Gasteiger partial charge in [0.25, 0.3) is 5.69 Å². The van der Waals surface area contributed by atoms with E-state index in [0.717, 1.165) is 23.0 Å². The molecule has 100 valence electrons. The Bertz CT molecular complexity index is 795. The van der Waals surface area contributed by atoms with Crippen LogP contribution in [0.15, 0.2) is 42.7 Å². The van der Waals surface area contributed by atoms with Crippen LogP contribution in [-0.4, -0.2) is 19.7 Å². The second-order valence-corrected chi connectivity index (χ2v) is 4.39. The molecule has 0 spiro atoms. The second kappa shape index (κ2) is 4.73. The maximum absolute atomic E-state index is 10.8. The van der Waals surface area contributed by atoms with Crippen molar-refractivity contribution in [1.82, 2.24) is 14.8 Å². The average molecular weight is 268 g/mol. The highest BCUT2D eigenvalue weighted by atomic mass is 16.6. The highest BCUT2D eigenvalue weighted by Gasteiger charge is 2.13. The molecule has 6 heteroatoms. The SMILES string of the molecule is CCc1nn(-c2cncc([N+](=O)[O-])c2)c2ccccc12. The number of aromatic nitrogens is 3. The molecule has 0 radical (unpaired) electrons. The first-order chi connectivity index (χ1) is 9.70. The van der Waals surface area contributed by atoms with Gasteiger partial charge in [0.15, 0.2) is 0 Å². The topological polar surface area (TPSA) is 73.8 Å². The standard InChI is InChI=1S/C14H12N4O2/c1-2-13-12-5-3-4-6-14(12)17(16-13)10-7-11(18(19)20)9-15-8-10/h3-9H,2H2,1H3. The summed E-state index contributed by atoms with van der Waals surface area (Å²) in [6, 6.07) is 9.30. The van der Waals surface area contributed by atoms with E-state index in [4.69, 9.17) is 0 Å². The zero-order valence-corrected chi connectivity index (χ0v) is 10.9. The number of nitrogens with zero attached hydrogens (tertiary/aromatic N) is 4. The van der Waals surface area contributed by atoms with Gasteiger partial charge in [-0.3, -0.25) is 15.1 Å². The lowest BCUT2D eigenvalue weighted by Crippen LogP contribution is -1.99. The number of hydrogen-bond donors (Lipinski definition) is 0. The quantitative estimate of drug-likeness (QED) is 0.540. The molecule has 0 saturated heterocycles. The third kappa shape index (κ3) is 1.91. The van der Waals surface area contributed by atoms with Crippen molar-refractivity contribution in [2.45, 2.75) is 13.3 Å². The molecule has 0 bridgehead atoms. The van der Waals surface area contributed by atoms with Gasteiger partial charge in [-0.15, -0.1) is 0 Å². The number of pyridine rings is 1. The van der Waals surface area contributed by atoms with Crippen LogP contribution in [0.1, 0.15) is 12.6 Å². The molecule has 3 rings (SSSR count). The van der Waals surface area contributed by atoms with Crippen LogP contribution in [0.5, 0.6) is 0 Å². The Labute approximate surface area is 114 Å². The Morgan fingerprint density at radius 1 is 1.30 bits per heavy atom. The molecule has 0 amide bonds. The minimum absolute atomic E-state index is 0.0415. The summed E-state index contributed by atoms with van der Waals surface area (Å²) in [5.74, 6) is 0. The van der Waals surface area contributed by atoms with Gasteiger partial charge in [-0.2, -0.15) is 5.10 Å². The molecular weight excluding hydrogens is 256 g/mol. The molecule has 0 atom stereocenters. The summed E-state index contributed by atoms with van der Waals surface area (Å²) in [7, 11) is 0. The number of aryl methyl sites for hydroxylation is 1. The van der Waals surface area contributed by atoms with E-state index in [9.17, 15) is 10.1 Å². The predicted octanol–water partition coefficient (Wildman–Crippen LogP) is 2.89. The first-order valence-corrected chi connectivity index (χ1v) is 6.27.